The molecule has 28 heavy (non-hydrogen) atoms. The largest absolute Gasteiger partial charge is 0.494 e. The highest BCUT2D eigenvalue weighted by Crippen LogP contribution is 2.25. The minimum Gasteiger partial charge on any atom is -0.494 e. The number of amides is 1. The minimum absolute atomic E-state index is 0.177. The van der Waals surface area contributed by atoms with Gasteiger partial charge in [0.1, 0.15) is 5.75 Å². The molecule has 0 saturated carbocycles. The molecule has 4 nitrogen and oxygen atoms in total. The van der Waals surface area contributed by atoms with Gasteiger partial charge in [-0.25, -0.2) is 0 Å². The Morgan fingerprint density at radius 2 is 1.82 bits per heavy atom. The van der Waals surface area contributed by atoms with Gasteiger partial charge in [0.05, 0.1) is 6.61 Å². The van der Waals surface area contributed by atoms with Gasteiger partial charge >= 0.3 is 0 Å². The maximum atomic E-state index is 13.0. The van der Waals surface area contributed by atoms with Crippen LogP contribution in [0.3, 0.4) is 0 Å². The summed E-state index contributed by atoms with van der Waals surface area (Å²) in [6.45, 7) is 7.24. The molecule has 2 aliphatic heterocycles. The number of carbonyl (C=O) groups excluding carboxylic acids is 1. The van der Waals surface area contributed by atoms with Gasteiger partial charge in [0, 0.05) is 25.6 Å². The first-order valence-electron chi connectivity index (χ1n) is 10.5. The third-order valence-corrected chi connectivity index (χ3v) is 5.99. The molecule has 1 fully saturated rings. The summed E-state index contributed by atoms with van der Waals surface area (Å²) in [4.78, 5) is 17.6. The summed E-state index contributed by atoms with van der Waals surface area (Å²) >= 11 is 0. The fraction of sp³-hybridized carbons (Fsp3) is 0.458. The lowest BCUT2D eigenvalue weighted by Gasteiger charge is -2.36. The summed E-state index contributed by atoms with van der Waals surface area (Å²) in [5, 5.41) is 0. The molecule has 4 rings (SSSR count). The average molecular weight is 379 g/mol. The van der Waals surface area contributed by atoms with Crippen LogP contribution >= 0.6 is 0 Å². The summed E-state index contributed by atoms with van der Waals surface area (Å²) in [6.07, 6.45) is 2.90. The molecule has 2 aliphatic rings. The van der Waals surface area contributed by atoms with Crippen molar-refractivity contribution >= 4 is 5.91 Å². The van der Waals surface area contributed by atoms with Gasteiger partial charge in [0.2, 0.25) is 5.91 Å². The van der Waals surface area contributed by atoms with Crippen molar-refractivity contribution in [3.8, 4) is 5.75 Å². The number of rotatable bonds is 5. The second-order valence-electron chi connectivity index (χ2n) is 7.91. The number of benzene rings is 2. The molecule has 0 spiro atoms. The average Bonchev–Trinajstić information content (AvgIpc) is 2.74. The van der Waals surface area contributed by atoms with Crippen molar-refractivity contribution in [2.45, 2.75) is 39.3 Å². The number of fused-ring (bicyclic) bond motifs is 1. The van der Waals surface area contributed by atoms with Gasteiger partial charge in [-0.1, -0.05) is 36.4 Å². The summed E-state index contributed by atoms with van der Waals surface area (Å²) in [7, 11) is 0. The highest BCUT2D eigenvalue weighted by atomic mass is 16.5. The van der Waals surface area contributed by atoms with E-state index in [9.17, 15) is 4.79 Å². The topological polar surface area (TPSA) is 32.8 Å². The monoisotopic (exact) mass is 378 g/mol. The van der Waals surface area contributed by atoms with Gasteiger partial charge in [-0.2, -0.15) is 0 Å². The maximum absolute atomic E-state index is 13.0. The fourth-order valence-corrected chi connectivity index (χ4v) is 4.44. The van der Waals surface area contributed by atoms with Crippen molar-refractivity contribution in [2.24, 2.45) is 5.92 Å². The van der Waals surface area contributed by atoms with Crippen LogP contribution in [0.15, 0.2) is 48.5 Å². The lowest BCUT2D eigenvalue weighted by atomic mass is 9.93. The number of nitrogens with zero attached hydrogens (tertiary/aromatic N) is 2. The van der Waals surface area contributed by atoms with Gasteiger partial charge in [0.15, 0.2) is 0 Å². The molecule has 0 N–H and O–H groups in total. The molecular weight excluding hydrogens is 348 g/mol. The molecule has 2 aromatic rings. The Kier molecular flexibility index (Phi) is 5.96. The van der Waals surface area contributed by atoms with Crippen LogP contribution < -0.4 is 4.74 Å². The summed E-state index contributed by atoms with van der Waals surface area (Å²) in [5.41, 5.74) is 3.99. The van der Waals surface area contributed by atoms with Gasteiger partial charge < -0.3 is 9.64 Å². The van der Waals surface area contributed by atoms with Crippen LogP contribution in [-0.4, -0.2) is 41.9 Å². The van der Waals surface area contributed by atoms with Gasteiger partial charge in [-0.3, -0.25) is 9.69 Å². The highest BCUT2D eigenvalue weighted by Gasteiger charge is 2.30. The summed E-state index contributed by atoms with van der Waals surface area (Å²) in [5.74, 6) is 1.47. The Hall–Kier alpha value is -2.33. The third kappa shape index (κ3) is 4.39. The fourth-order valence-electron chi connectivity index (χ4n) is 4.44. The van der Waals surface area contributed by atoms with Crippen molar-refractivity contribution in [3.63, 3.8) is 0 Å². The molecule has 0 aromatic heterocycles. The second-order valence-corrected chi connectivity index (χ2v) is 7.91. The predicted molar refractivity (Wildman–Crippen MR) is 111 cm³/mol. The summed E-state index contributed by atoms with van der Waals surface area (Å²) in [6, 6.07) is 16.9. The molecule has 4 heteroatoms. The highest BCUT2D eigenvalue weighted by molar-refractivity contribution is 5.79. The summed E-state index contributed by atoms with van der Waals surface area (Å²) < 4.78 is 5.61. The molecule has 1 saturated heterocycles. The van der Waals surface area contributed by atoms with E-state index in [0.717, 1.165) is 57.7 Å². The number of hydrogen-bond donors (Lipinski definition) is 0. The van der Waals surface area contributed by atoms with Crippen molar-refractivity contribution in [1.82, 2.24) is 9.80 Å². The van der Waals surface area contributed by atoms with Crippen LogP contribution in [0, 0.1) is 5.92 Å². The van der Waals surface area contributed by atoms with E-state index in [0.29, 0.717) is 12.5 Å². The van der Waals surface area contributed by atoms with E-state index in [1.165, 1.54) is 16.7 Å². The first-order valence-corrected chi connectivity index (χ1v) is 10.5. The lowest BCUT2D eigenvalue weighted by molar-refractivity contribution is -0.138. The number of ether oxygens (including phenoxy) is 1. The quantitative estimate of drug-likeness (QED) is 0.791. The first kappa shape index (κ1) is 19.0. The SMILES string of the molecule is CCOc1cccc(CN2CCC(C(=O)N3CCc4ccccc4C3)CC2)c1. The van der Waals surface area contributed by atoms with Crippen LogP contribution in [-0.2, 0) is 24.3 Å². The predicted octanol–water partition coefficient (Wildman–Crippen LogP) is 3.88. The smallest absolute Gasteiger partial charge is 0.226 e. The van der Waals surface area contributed by atoms with E-state index < -0.39 is 0 Å². The van der Waals surface area contributed by atoms with Crippen LogP contribution in [0.2, 0.25) is 0 Å². The molecule has 0 aliphatic carbocycles. The van der Waals surface area contributed by atoms with E-state index in [2.05, 4.69) is 52.3 Å². The van der Waals surface area contributed by atoms with Gasteiger partial charge in [0.25, 0.3) is 0 Å². The van der Waals surface area contributed by atoms with Crippen LogP contribution in [0.1, 0.15) is 36.5 Å². The molecule has 1 amide bonds. The standard InChI is InChI=1S/C24H30N2O2/c1-2-28-23-9-5-6-19(16-23)17-25-13-10-21(11-14-25)24(27)26-15-12-20-7-3-4-8-22(20)18-26/h3-9,16,21H,2,10-15,17-18H2,1H3. The Bertz CT molecular complexity index is 812. The number of hydrogen-bond acceptors (Lipinski definition) is 3. The van der Waals surface area contributed by atoms with Gasteiger partial charge in [-0.15, -0.1) is 0 Å². The minimum atomic E-state index is 0.177. The van der Waals surface area contributed by atoms with E-state index in [1.54, 1.807) is 0 Å². The van der Waals surface area contributed by atoms with Crippen molar-refractivity contribution in [3.05, 3.63) is 65.2 Å². The van der Waals surface area contributed by atoms with Crippen LogP contribution in [0.25, 0.3) is 0 Å². The van der Waals surface area contributed by atoms with E-state index in [-0.39, 0.29) is 5.92 Å². The second kappa shape index (κ2) is 8.78. The molecule has 148 valence electrons. The van der Waals surface area contributed by atoms with Crippen LogP contribution in [0.5, 0.6) is 5.75 Å². The zero-order valence-corrected chi connectivity index (χ0v) is 16.8. The van der Waals surface area contributed by atoms with Crippen LogP contribution in [0.4, 0.5) is 0 Å². The zero-order chi connectivity index (χ0) is 19.3. The van der Waals surface area contributed by atoms with Crippen molar-refractivity contribution < 1.29 is 9.53 Å². The van der Waals surface area contributed by atoms with E-state index in [4.69, 9.17) is 4.74 Å². The molecule has 2 heterocycles. The van der Waals surface area contributed by atoms with Crippen molar-refractivity contribution in [2.75, 3.05) is 26.2 Å². The van der Waals surface area contributed by atoms with Crippen molar-refractivity contribution in [1.29, 1.82) is 0 Å². The first-order chi connectivity index (χ1) is 13.7. The molecule has 0 radical (unpaired) electrons. The molecule has 2 aromatic carbocycles. The molecule has 0 atom stereocenters. The number of piperidine rings is 1. The Morgan fingerprint density at radius 1 is 1.04 bits per heavy atom. The molecule has 0 bridgehead atoms. The normalized spacial score (nSPS) is 18.0. The Labute approximate surface area is 168 Å². The lowest BCUT2D eigenvalue weighted by Crippen LogP contribution is -2.44. The number of likely N-dealkylation sites (tertiary alicyclic amines) is 1. The van der Waals surface area contributed by atoms with Gasteiger partial charge in [-0.05, 0) is 68.1 Å². The zero-order valence-electron chi connectivity index (χ0n) is 16.8. The molecular formula is C24H30N2O2. The third-order valence-electron chi connectivity index (χ3n) is 5.99. The van der Waals surface area contributed by atoms with E-state index in [1.807, 2.05) is 13.0 Å². The Balaban J connectivity index is 1.29. The number of carbonyl (C=O) groups is 1. The molecule has 0 unspecified atom stereocenters. The maximum Gasteiger partial charge on any atom is 0.226 e. The Morgan fingerprint density at radius 3 is 2.61 bits per heavy atom. The van der Waals surface area contributed by atoms with E-state index >= 15 is 0 Å².